The molecule has 0 spiro atoms. The molecule has 118 valence electrons. The van der Waals surface area contributed by atoms with E-state index in [1.165, 1.54) is 12.1 Å². The fourth-order valence-corrected chi connectivity index (χ4v) is 2.86. The summed E-state index contributed by atoms with van der Waals surface area (Å²) in [6.07, 6.45) is 0. The Balaban J connectivity index is 2.41. The highest BCUT2D eigenvalue weighted by atomic mass is 35.5. The van der Waals surface area contributed by atoms with Gasteiger partial charge in [-0.3, -0.25) is 0 Å². The standard InChI is InChI=1S/C16H15ClFN5/c1-8-13(17)7-12(9(2)19)15(10-4-3-5-11(18)6-10)14(8)16-20-22-23-21-16/h3-7,9H,19H2,1-2H3,(H,20,21,22,23). The van der Waals surface area contributed by atoms with Gasteiger partial charge in [0.05, 0.1) is 0 Å². The summed E-state index contributed by atoms with van der Waals surface area (Å²) in [5, 5.41) is 14.5. The summed E-state index contributed by atoms with van der Waals surface area (Å²) in [5.41, 5.74) is 9.92. The van der Waals surface area contributed by atoms with E-state index in [-0.39, 0.29) is 11.9 Å². The van der Waals surface area contributed by atoms with E-state index in [1.54, 1.807) is 6.07 Å². The molecule has 0 amide bonds. The van der Waals surface area contributed by atoms with Crippen LogP contribution in [0.15, 0.2) is 30.3 Å². The molecule has 3 N–H and O–H groups in total. The number of nitrogens with two attached hydrogens (primary N) is 1. The Bertz CT molecular complexity index is 846. The van der Waals surface area contributed by atoms with Crippen LogP contribution < -0.4 is 5.73 Å². The second kappa shape index (κ2) is 6.06. The minimum absolute atomic E-state index is 0.291. The molecule has 0 saturated carbocycles. The van der Waals surface area contributed by atoms with Crippen LogP contribution in [0, 0.1) is 12.7 Å². The summed E-state index contributed by atoms with van der Waals surface area (Å²) in [4.78, 5) is 0. The maximum atomic E-state index is 13.7. The van der Waals surface area contributed by atoms with Gasteiger partial charge in [-0.2, -0.15) is 0 Å². The number of nitrogens with one attached hydrogen (secondary N) is 1. The number of hydrogen-bond donors (Lipinski definition) is 2. The molecule has 0 fully saturated rings. The van der Waals surface area contributed by atoms with Crippen molar-refractivity contribution in [3.8, 4) is 22.5 Å². The lowest BCUT2D eigenvalue weighted by Gasteiger charge is -2.19. The summed E-state index contributed by atoms with van der Waals surface area (Å²) in [6.45, 7) is 3.72. The van der Waals surface area contributed by atoms with Crippen LogP contribution in [0.1, 0.15) is 24.1 Å². The van der Waals surface area contributed by atoms with E-state index in [2.05, 4.69) is 20.6 Å². The maximum Gasteiger partial charge on any atom is 0.180 e. The highest BCUT2D eigenvalue weighted by molar-refractivity contribution is 6.32. The molecule has 5 nitrogen and oxygen atoms in total. The van der Waals surface area contributed by atoms with E-state index in [4.69, 9.17) is 17.3 Å². The smallest absolute Gasteiger partial charge is 0.180 e. The predicted molar refractivity (Wildman–Crippen MR) is 87.4 cm³/mol. The summed E-state index contributed by atoms with van der Waals surface area (Å²) in [7, 11) is 0. The van der Waals surface area contributed by atoms with Crippen LogP contribution in [-0.4, -0.2) is 20.6 Å². The number of aromatic nitrogens is 4. The van der Waals surface area contributed by atoms with E-state index >= 15 is 0 Å². The molecule has 1 heterocycles. The Morgan fingerprint density at radius 3 is 2.65 bits per heavy atom. The lowest BCUT2D eigenvalue weighted by atomic mass is 9.88. The summed E-state index contributed by atoms with van der Waals surface area (Å²) >= 11 is 6.36. The molecular formula is C16H15ClFN5. The van der Waals surface area contributed by atoms with Gasteiger partial charge in [-0.1, -0.05) is 23.7 Å². The Hall–Kier alpha value is -2.31. The Morgan fingerprint density at radius 1 is 1.26 bits per heavy atom. The number of benzene rings is 2. The number of rotatable bonds is 3. The van der Waals surface area contributed by atoms with E-state index in [0.29, 0.717) is 16.4 Å². The van der Waals surface area contributed by atoms with Crippen molar-refractivity contribution in [1.29, 1.82) is 0 Å². The van der Waals surface area contributed by atoms with Crippen molar-refractivity contribution in [3.05, 3.63) is 52.3 Å². The monoisotopic (exact) mass is 331 g/mol. The first-order chi connectivity index (χ1) is 11.0. The van der Waals surface area contributed by atoms with Crippen LogP contribution in [0.2, 0.25) is 5.02 Å². The topological polar surface area (TPSA) is 80.5 Å². The van der Waals surface area contributed by atoms with Crippen molar-refractivity contribution in [2.75, 3.05) is 0 Å². The number of nitrogens with zero attached hydrogens (tertiary/aromatic N) is 3. The van der Waals surface area contributed by atoms with Gasteiger partial charge in [-0.05, 0) is 64.7 Å². The Kier molecular flexibility index (Phi) is 4.11. The van der Waals surface area contributed by atoms with Gasteiger partial charge in [0.2, 0.25) is 0 Å². The predicted octanol–water partition coefficient (Wildman–Crippen LogP) is 3.65. The summed E-state index contributed by atoms with van der Waals surface area (Å²) in [6, 6.07) is 7.86. The zero-order chi connectivity index (χ0) is 16.6. The fraction of sp³-hybridized carbons (Fsp3) is 0.188. The maximum absolute atomic E-state index is 13.7. The van der Waals surface area contributed by atoms with Gasteiger partial charge in [0.1, 0.15) is 5.82 Å². The van der Waals surface area contributed by atoms with Gasteiger partial charge < -0.3 is 5.73 Å². The van der Waals surface area contributed by atoms with Crippen molar-refractivity contribution < 1.29 is 4.39 Å². The van der Waals surface area contributed by atoms with Crippen LogP contribution >= 0.6 is 11.6 Å². The molecular weight excluding hydrogens is 317 g/mol. The van der Waals surface area contributed by atoms with Gasteiger partial charge in [0, 0.05) is 16.6 Å². The van der Waals surface area contributed by atoms with Crippen LogP contribution in [0.25, 0.3) is 22.5 Å². The molecule has 2 aromatic carbocycles. The SMILES string of the molecule is Cc1c(Cl)cc(C(C)N)c(-c2cccc(F)c2)c1-c1nnn[nH]1. The van der Waals surface area contributed by atoms with Crippen LogP contribution in [-0.2, 0) is 0 Å². The number of hydrogen-bond acceptors (Lipinski definition) is 4. The van der Waals surface area contributed by atoms with E-state index < -0.39 is 0 Å². The third-order valence-electron chi connectivity index (χ3n) is 3.74. The van der Waals surface area contributed by atoms with Gasteiger partial charge in [-0.15, -0.1) is 5.10 Å². The van der Waals surface area contributed by atoms with Gasteiger partial charge in [0.15, 0.2) is 5.82 Å². The number of H-pyrrole nitrogens is 1. The summed E-state index contributed by atoms with van der Waals surface area (Å²) < 4.78 is 13.7. The molecule has 1 unspecified atom stereocenters. The van der Waals surface area contributed by atoms with Crippen LogP contribution in [0.4, 0.5) is 4.39 Å². The molecule has 3 rings (SSSR count). The first-order valence-corrected chi connectivity index (χ1v) is 7.45. The third kappa shape index (κ3) is 2.83. The largest absolute Gasteiger partial charge is 0.324 e. The molecule has 0 aliphatic carbocycles. The molecule has 0 bridgehead atoms. The average Bonchev–Trinajstić information content (AvgIpc) is 3.03. The second-order valence-corrected chi connectivity index (χ2v) is 5.78. The first kappa shape index (κ1) is 15.6. The first-order valence-electron chi connectivity index (χ1n) is 7.07. The highest BCUT2D eigenvalue weighted by Crippen LogP contribution is 2.41. The molecule has 0 saturated heterocycles. The van der Waals surface area contributed by atoms with Crippen molar-refractivity contribution in [2.24, 2.45) is 5.73 Å². The van der Waals surface area contributed by atoms with Crippen molar-refractivity contribution in [1.82, 2.24) is 20.6 Å². The molecule has 3 aromatic rings. The molecule has 7 heteroatoms. The lowest BCUT2D eigenvalue weighted by molar-refractivity contribution is 0.628. The molecule has 0 aliphatic rings. The quantitative estimate of drug-likeness (QED) is 0.767. The average molecular weight is 332 g/mol. The molecule has 23 heavy (non-hydrogen) atoms. The van der Waals surface area contributed by atoms with E-state index in [0.717, 1.165) is 22.3 Å². The minimum Gasteiger partial charge on any atom is -0.324 e. The Morgan fingerprint density at radius 2 is 2.04 bits per heavy atom. The van der Waals surface area contributed by atoms with Crippen molar-refractivity contribution in [3.63, 3.8) is 0 Å². The Labute approximate surface area is 137 Å². The van der Waals surface area contributed by atoms with Crippen molar-refractivity contribution in [2.45, 2.75) is 19.9 Å². The number of halogens is 2. The van der Waals surface area contributed by atoms with Crippen LogP contribution in [0.3, 0.4) is 0 Å². The number of aromatic amines is 1. The summed E-state index contributed by atoms with van der Waals surface area (Å²) in [5.74, 6) is 0.138. The zero-order valence-electron chi connectivity index (χ0n) is 12.6. The van der Waals surface area contributed by atoms with Gasteiger partial charge >= 0.3 is 0 Å². The number of tetrazole rings is 1. The van der Waals surface area contributed by atoms with E-state index in [9.17, 15) is 4.39 Å². The third-order valence-corrected chi connectivity index (χ3v) is 4.13. The molecule has 1 aromatic heterocycles. The minimum atomic E-state index is -0.327. The highest BCUT2D eigenvalue weighted by Gasteiger charge is 2.22. The van der Waals surface area contributed by atoms with Crippen LogP contribution in [0.5, 0.6) is 0 Å². The zero-order valence-corrected chi connectivity index (χ0v) is 13.4. The fourth-order valence-electron chi connectivity index (χ4n) is 2.64. The van der Waals surface area contributed by atoms with Gasteiger partial charge in [0.25, 0.3) is 0 Å². The molecule has 0 radical (unpaired) electrons. The normalized spacial score (nSPS) is 12.4. The van der Waals surface area contributed by atoms with Crippen molar-refractivity contribution >= 4 is 11.6 Å². The lowest BCUT2D eigenvalue weighted by Crippen LogP contribution is -2.09. The second-order valence-electron chi connectivity index (χ2n) is 5.37. The van der Waals surface area contributed by atoms with Gasteiger partial charge in [-0.25, -0.2) is 9.49 Å². The van der Waals surface area contributed by atoms with E-state index in [1.807, 2.05) is 26.0 Å². The molecule has 0 aliphatic heterocycles. The molecule has 1 atom stereocenters.